The minimum absolute atomic E-state index is 0.104. The van der Waals surface area contributed by atoms with Crippen LogP contribution in [0.25, 0.3) is 10.8 Å². The van der Waals surface area contributed by atoms with Gasteiger partial charge in [-0.05, 0) is 22.9 Å². The van der Waals surface area contributed by atoms with Crippen molar-refractivity contribution in [3.8, 4) is 5.75 Å². The molecule has 1 nitrogen and oxygen atoms in total. The van der Waals surface area contributed by atoms with Crippen molar-refractivity contribution in [3.05, 3.63) is 42.5 Å². The van der Waals surface area contributed by atoms with E-state index in [0.29, 0.717) is 6.07 Å². The highest BCUT2D eigenvalue weighted by molar-refractivity contribution is 5.83. The van der Waals surface area contributed by atoms with Crippen LogP contribution in [-0.2, 0) is 0 Å². The molecule has 0 saturated heterocycles. The Morgan fingerprint density at radius 2 is 0.690 bits per heavy atom. The molecule has 0 fully saturated rings. The number of halogens is 21. The summed E-state index contributed by atoms with van der Waals surface area (Å²) in [5.41, 5.74) is 0. The van der Waals surface area contributed by atoms with Crippen LogP contribution in [0.3, 0.4) is 0 Å². The number of ether oxygens (including phenoxy) is 1. The Balaban J connectivity index is 2.62. The van der Waals surface area contributed by atoms with Crippen molar-refractivity contribution in [1.82, 2.24) is 0 Å². The topological polar surface area (TPSA) is 9.23 Å². The third kappa shape index (κ3) is 4.53. The van der Waals surface area contributed by atoms with E-state index in [1.807, 2.05) is 0 Å². The van der Waals surface area contributed by atoms with Gasteiger partial charge in [0.25, 0.3) is 0 Å². The summed E-state index contributed by atoms with van der Waals surface area (Å²) in [6.07, 6.45) is -15.2. The van der Waals surface area contributed by atoms with E-state index in [4.69, 9.17) is 0 Å². The van der Waals surface area contributed by atoms with Gasteiger partial charge in [-0.1, -0.05) is 30.3 Å². The highest BCUT2D eigenvalue weighted by atomic mass is 19.4. The van der Waals surface area contributed by atoms with Crippen molar-refractivity contribution in [2.24, 2.45) is 0 Å². The van der Waals surface area contributed by atoms with Crippen molar-refractivity contribution >= 4 is 10.8 Å². The minimum Gasteiger partial charge on any atom is -0.428 e. The number of alkyl halides is 21. The second-order valence-corrected chi connectivity index (χ2v) is 8.22. The standard InChI is InChI=1S/C20H7F21O/c21-11(22,13(25,26)15(29,30)17(33,34)19(37,38)39)12(23,24)14(27,28)16(31,32)18(35,36)20(40,41)42-10-6-5-8-3-1-2-4-9(8)7-10/h1-7H. The van der Waals surface area contributed by atoms with Crippen molar-refractivity contribution in [1.29, 1.82) is 0 Å². The molecule has 42 heavy (non-hydrogen) atoms. The van der Waals surface area contributed by atoms with Gasteiger partial charge >= 0.3 is 59.7 Å². The fraction of sp³-hybridized carbons (Fsp3) is 0.500. The molecule has 240 valence electrons. The summed E-state index contributed by atoms with van der Waals surface area (Å²) in [5.74, 6) is -72.4. The van der Waals surface area contributed by atoms with E-state index in [1.165, 1.54) is 18.2 Å². The fourth-order valence-corrected chi connectivity index (χ4v) is 2.99. The molecule has 0 spiro atoms. The molecule has 0 bridgehead atoms. The van der Waals surface area contributed by atoms with Crippen LogP contribution >= 0.6 is 0 Å². The maximum absolute atomic E-state index is 14.0. The molecule has 0 aliphatic rings. The smallest absolute Gasteiger partial charge is 0.428 e. The Bertz CT molecular complexity index is 1290. The molecule has 0 saturated carbocycles. The Morgan fingerprint density at radius 1 is 0.357 bits per heavy atom. The Kier molecular flexibility index (Phi) is 7.98. The normalized spacial score (nSPS) is 15.7. The molecule has 0 heterocycles. The molecule has 0 aromatic heterocycles. The lowest BCUT2D eigenvalue weighted by Gasteiger charge is -2.44. The molecule has 0 aliphatic heterocycles. The van der Waals surface area contributed by atoms with Gasteiger partial charge < -0.3 is 4.74 Å². The van der Waals surface area contributed by atoms with Gasteiger partial charge in [-0.15, -0.1) is 0 Å². The fourth-order valence-electron chi connectivity index (χ4n) is 2.99. The molecular formula is C20H7F21O. The minimum atomic E-state index is -9.21. The highest BCUT2D eigenvalue weighted by Crippen LogP contribution is 2.66. The van der Waals surface area contributed by atoms with Crippen LogP contribution < -0.4 is 4.74 Å². The maximum atomic E-state index is 14.0. The van der Waals surface area contributed by atoms with Gasteiger partial charge in [0, 0.05) is 0 Å². The third-order valence-corrected chi connectivity index (χ3v) is 5.45. The van der Waals surface area contributed by atoms with Crippen LogP contribution in [0.15, 0.2) is 42.5 Å². The largest absolute Gasteiger partial charge is 0.471 e. The van der Waals surface area contributed by atoms with Gasteiger partial charge in [0.15, 0.2) is 0 Å². The SMILES string of the molecule is FC(F)(F)C(F)(F)C(F)(F)C(F)(F)C(F)(F)C(F)(F)C(F)(F)C(F)(F)C(F)(F)C(F)(F)Oc1ccc2ccccc2c1. The van der Waals surface area contributed by atoms with Gasteiger partial charge in [0.1, 0.15) is 5.75 Å². The van der Waals surface area contributed by atoms with E-state index in [9.17, 15) is 92.2 Å². The van der Waals surface area contributed by atoms with Crippen LogP contribution in [0.5, 0.6) is 5.75 Å². The van der Waals surface area contributed by atoms with Gasteiger partial charge in [-0.2, -0.15) is 92.2 Å². The zero-order valence-corrected chi connectivity index (χ0v) is 18.9. The summed E-state index contributed by atoms with van der Waals surface area (Å²) >= 11 is 0. The van der Waals surface area contributed by atoms with Gasteiger partial charge in [-0.3, -0.25) is 0 Å². The van der Waals surface area contributed by atoms with E-state index in [1.54, 1.807) is 0 Å². The predicted octanol–water partition coefficient (Wildman–Crippen LogP) is 9.46. The van der Waals surface area contributed by atoms with Crippen LogP contribution in [0, 0.1) is 0 Å². The van der Waals surface area contributed by atoms with E-state index in [2.05, 4.69) is 4.74 Å². The van der Waals surface area contributed by atoms with Crippen LogP contribution in [0.4, 0.5) is 92.2 Å². The van der Waals surface area contributed by atoms with E-state index in [-0.39, 0.29) is 16.8 Å². The van der Waals surface area contributed by atoms with Crippen molar-refractivity contribution in [2.75, 3.05) is 0 Å². The Morgan fingerprint density at radius 3 is 1.07 bits per heavy atom. The van der Waals surface area contributed by atoms with Crippen molar-refractivity contribution in [2.45, 2.75) is 59.7 Å². The van der Waals surface area contributed by atoms with Crippen molar-refractivity contribution in [3.63, 3.8) is 0 Å². The second-order valence-electron chi connectivity index (χ2n) is 8.22. The summed E-state index contributed by atoms with van der Waals surface area (Å²) in [7, 11) is 0. The van der Waals surface area contributed by atoms with Gasteiger partial charge in [0.2, 0.25) is 0 Å². The van der Waals surface area contributed by atoms with Crippen molar-refractivity contribution < 1.29 is 96.9 Å². The van der Waals surface area contributed by atoms with Crippen LogP contribution in [-0.4, -0.2) is 59.7 Å². The Labute approximate surface area is 216 Å². The number of fused-ring (bicyclic) bond motifs is 1. The van der Waals surface area contributed by atoms with Gasteiger partial charge in [0.05, 0.1) is 0 Å². The quantitative estimate of drug-likeness (QED) is 0.231. The van der Waals surface area contributed by atoms with E-state index < -0.39 is 65.4 Å². The molecule has 2 rings (SSSR count). The van der Waals surface area contributed by atoms with E-state index >= 15 is 0 Å². The van der Waals surface area contributed by atoms with Gasteiger partial charge in [-0.25, -0.2) is 0 Å². The lowest BCUT2D eigenvalue weighted by molar-refractivity contribution is -0.480. The van der Waals surface area contributed by atoms with Crippen LogP contribution in [0.2, 0.25) is 0 Å². The predicted molar refractivity (Wildman–Crippen MR) is 95.2 cm³/mol. The number of rotatable bonds is 10. The monoisotopic (exact) mass is 662 g/mol. The number of benzene rings is 2. The molecule has 0 N–H and O–H groups in total. The second kappa shape index (κ2) is 9.52. The highest BCUT2D eigenvalue weighted by Gasteiger charge is 2.98. The molecule has 22 heteroatoms. The van der Waals surface area contributed by atoms with Crippen LogP contribution in [0.1, 0.15) is 0 Å². The molecule has 0 atom stereocenters. The molecule has 0 aliphatic carbocycles. The summed E-state index contributed by atoms with van der Waals surface area (Å²) in [6.45, 7) is 0. The molecule has 2 aromatic carbocycles. The molecular weight excluding hydrogens is 655 g/mol. The zero-order chi connectivity index (χ0) is 33.4. The lowest BCUT2D eigenvalue weighted by atomic mass is 9.87. The molecule has 0 radical (unpaired) electrons. The first-order valence-electron chi connectivity index (χ1n) is 9.94. The average molecular weight is 662 g/mol. The summed E-state index contributed by atoms with van der Waals surface area (Å²) in [6, 6.07) is 6.10. The summed E-state index contributed by atoms with van der Waals surface area (Å²) in [4.78, 5) is 0. The number of hydrogen-bond donors (Lipinski definition) is 0. The first-order chi connectivity index (χ1) is 18.3. The lowest BCUT2D eigenvalue weighted by Crippen LogP contribution is -2.77. The molecule has 0 unspecified atom stereocenters. The van der Waals surface area contributed by atoms with E-state index in [0.717, 1.165) is 12.1 Å². The number of hydrogen-bond acceptors (Lipinski definition) is 1. The first kappa shape index (κ1) is 35.2. The zero-order valence-electron chi connectivity index (χ0n) is 18.9. The molecule has 0 amide bonds. The average Bonchev–Trinajstić information content (AvgIpc) is 2.81. The maximum Gasteiger partial charge on any atom is 0.471 e. The first-order valence-corrected chi connectivity index (χ1v) is 9.94. The third-order valence-electron chi connectivity index (χ3n) is 5.45. The molecule has 2 aromatic rings. The summed E-state index contributed by atoms with van der Waals surface area (Å²) < 4.78 is 285. The Hall–Kier alpha value is -2.97. The summed E-state index contributed by atoms with van der Waals surface area (Å²) in [5, 5.41) is -0.108.